The Morgan fingerprint density at radius 1 is 0.528 bits per heavy atom. The van der Waals surface area contributed by atoms with Gasteiger partial charge in [0, 0.05) is 37.2 Å². The first kappa shape index (κ1) is 30.2. The lowest BCUT2D eigenvalue weighted by atomic mass is 9.88. The number of thiophene rings is 1. The first-order chi connectivity index (χ1) is 26.3. The van der Waals surface area contributed by atoms with Crippen LogP contribution in [-0.4, -0.2) is 0 Å². The van der Waals surface area contributed by atoms with Crippen molar-refractivity contribution in [2.45, 2.75) is 12.3 Å². The van der Waals surface area contributed by atoms with Crippen molar-refractivity contribution >= 4 is 80.7 Å². The molecular weight excluding hydrogens is 663 g/mol. The Bertz CT molecular complexity index is 3140. The number of benzene rings is 8. The second kappa shape index (κ2) is 12.1. The van der Waals surface area contributed by atoms with E-state index in [9.17, 15) is 0 Å². The molecule has 11 rings (SSSR count). The zero-order valence-corrected chi connectivity index (χ0v) is 29.7. The highest BCUT2D eigenvalue weighted by Crippen LogP contribution is 2.44. The highest BCUT2D eigenvalue weighted by molar-refractivity contribution is 7.25. The smallest absolute Gasteiger partial charge is 0.137 e. The molecule has 2 nitrogen and oxygen atoms in total. The van der Waals surface area contributed by atoms with Crippen molar-refractivity contribution < 1.29 is 4.42 Å². The number of hydrogen-bond donors (Lipinski definition) is 1. The summed E-state index contributed by atoms with van der Waals surface area (Å²) in [5.74, 6) is 0.272. The second-order valence-electron chi connectivity index (χ2n) is 14.1. The van der Waals surface area contributed by atoms with Gasteiger partial charge in [-0.05, 0) is 104 Å². The van der Waals surface area contributed by atoms with Gasteiger partial charge in [0.25, 0.3) is 0 Å². The zero-order valence-electron chi connectivity index (χ0n) is 28.8. The molecular formula is C50H33NOS. The Labute approximate surface area is 310 Å². The van der Waals surface area contributed by atoms with Crippen LogP contribution >= 0.6 is 11.3 Å². The monoisotopic (exact) mass is 695 g/mol. The molecule has 0 amide bonds. The van der Waals surface area contributed by atoms with E-state index in [0.717, 1.165) is 39.6 Å². The van der Waals surface area contributed by atoms with E-state index in [1.807, 2.05) is 11.3 Å². The van der Waals surface area contributed by atoms with Crippen LogP contribution in [0.25, 0.3) is 85.9 Å². The van der Waals surface area contributed by atoms with Crippen LogP contribution in [0.4, 0.5) is 5.69 Å². The molecule has 10 aromatic rings. The molecule has 0 fully saturated rings. The first-order valence-corrected chi connectivity index (χ1v) is 19.1. The second-order valence-corrected chi connectivity index (χ2v) is 15.1. The third kappa shape index (κ3) is 4.92. The van der Waals surface area contributed by atoms with Gasteiger partial charge in [-0.3, -0.25) is 0 Å². The third-order valence-corrected chi connectivity index (χ3v) is 12.1. The summed E-state index contributed by atoms with van der Waals surface area (Å²) in [5.41, 5.74) is 10.2. The molecule has 0 spiro atoms. The normalized spacial score (nSPS) is 14.6. The molecule has 1 aliphatic carbocycles. The maximum Gasteiger partial charge on any atom is 0.137 e. The quantitative estimate of drug-likeness (QED) is 0.181. The molecule has 1 unspecified atom stereocenters. The maximum absolute atomic E-state index is 6.56. The summed E-state index contributed by atoms with van der Waals surface area (Å²) < 4.78 is 9.25. The molecule has 1 aliphatic rings. The van der Waals surface area contributed by atoms with E-state index < -0.39 is 0 Å². The predicted octanol–water partition coefficient (Wildman–Crippen LogP) is 14.6. The van der Waals surface area contributed by atoms with Crippen LogP contribution in [0.2, 0.25) is 0 Å². The molecule has 0 saturated heterocycles. The average Bonchev–Trinajstić information content (AvgIpc) is 3.80. The number of anilines is 1. The van der Waals surface area contributed by atoms with Crippen LogP contribution in [0.5, 0.6) is 0 Å². The van der Waals surface area contributed by atoms with Crippen molar-refractivity contribution in [2.75, 3.05) is 5.32 Å². The average molecular weight is 696 g/mol. The summed E-state index contributed by atoms with van der Waals surface area (Å²) in [6.07, 6.45) is 7.68. The van der Waals surface area contributed by atoms with Crippen LogP contribution in [0.15, 0.2) is 186 Å². The lowest BCUT2D eigenvalue weighted by Crippen LogP contribution is -2.08. The van der Waals surface area contributed by atoms with Gasteiger partial charge in [-0.15, -0.1) is 11.3 Å². The van der Waals surface area contributed by atoms with E-state index in [4.69, 9.17) is 4.42 Å². The van der Waals surface area contributed by atoms with Gasteiger partial charge in [0.05, 0.1) is 11.1 Å². The summed E-state index contributed by atoms with van der Waals surface area (Å²) in [7, 11) is 0. The summed E-state index contributed by atoms with van der Waals surface area (Å²) in [6, 6.07) is 57.1. The fourth-order valence-corrected chi connectivity index (χ4v) is 9.77. The van der Waals surface area contributed by atoms with Gasteiger partial charge < -0.3 is 9.73 Å². The number of hydrogen-bond acceptors (Lipinski definition) is 3. The topological polar surface area (TPSA) is 25.2 Å². The fraction of sp³-hybridized carbons (Fsp3) is 0.0400. The van der Waals surface area contributed by atoms with Crippen molar-refractivity contribution in [3.8, 4) is 22.3 Å². The molecule has 1 atom stereocenters. The Hall–Kier alpha value is -6.42. The predicted molar refractivity (Wildman–Crippen MR) is 227 cm³/mol. The standard InChI is InChI=1S/C50H33NOS/c1-2-17-36-34(12-1)30-42(40-19-4-3-18-39(36)40)32-14-7-13-31(28-32)38-21-9-24-44-49(38)50-43(23-11-25-45(50)52-44)51-35-16-8-15-33(29-35)37-22-10-27-47-48(37)41-20-5-6-26-46(41)53-47/h1-28,30,33,51H,29H2. The highest BCUT2D eigenvalue weighted by Gasteiger charge is 2.21. The lowest BCUT2D eigenvalue weighted by Gasteiger charge is -2.22. The van der Waals surface area contributed by atoms with E-state index in [0.29, 0.717) is 0 Å². The Kier molecular flexibility index (Phi) is 6.89. The minimum absolute atomic E-state index is 0.272. The van der Waals surface area contributed by atoms with E-state index in [2.05, 4.69) is 181 Å². The number of nitrogens with one attached hydrogen (secondary N) is 1. The first-order valence-electron chi connectivity index (χ1n) is 18.3. The van der Waals surface area contributed by atoms with Gasteiger partial charge in [-0.25, -0.2) is 0 Å². The van der Waals surface area contributed by atoms with Crippen molar-refractivity contribution in [3.63, 3.8) is 0 Å². The van der Waals surface area contributed by atoms with Gasteiger partial charge in [0.15, 0.2) is 0 Å². The molecule has 3 heteroatoms. The van der Waals surface area contributed by atoms with Gasteiger partial charge in [-0.1, -0.05) is 127 Å². The fourth-order valence-electron chi connectivity index (χ4n) is 8.63. The number of rotatable bonds is 5. The molecule has 2 aromatic heterocycles. The molecule has 2 heterocycles. The molecule has 250 valence electrons. The van der Waals surface area contributed by atoms with Gasteiger partial charge in [-0.2, -0.15) is 0 Å². The Balaban J connectivity index is 0.999. The van der Waals surface area contributed by atoms with E-state index >= 15 is 0 Å². The third-order valence-electron chi connectivity index (χ3n) is 11.0. The van der Waals surface area contributed by atoms with Crippen LogP contribution in [-0.2, 0) is 0 Å². The van der Waals surface area contributed by atoms with Gasteiger partial charge in [0.2, 0.25) is 0 Å². The van der Waals surface area contributed by atoms with E-state index in [1.54, 1.807) is 0 Å². The van der Waals surface area contributed by atoms with E-state index in [1.165, 1.54) is 69.7 Å². The molecule has 8 aromatic carbocycles. The number of allylic oxidation sites excluding steroid dienone is 4. The maximum atomic E-state index is 6.56. The van der Waals surface area contributed by atoms with Crippen LogP contribution in [0.1, 0.15) is 17.9 Å². The van der Waals surface area contributed by atoms with Crippen LogP contribution < -0.4 is 5.32 Å². The Morgan fingerprint density at radius 3 is 2.13 bits per heavy atom. The Morgan fingerprint density at radius 2 is 1.23 bits per heavy atom. The molecule has 0 aliphatic heterocycles. The summed E-state index contributed by atoms with van der Waals surface area (Å²) in [6.45, 7) is 0. The largest absolute Gasteiger partial charge is 0.456 e. The van der Waals surface area contributed by atoms with Crippen molar-refractivity contribution in [1.29, 1.82) is 0 Å². The lowest BCUT2D eigenvalue weighted by molar-refractivity contribution is 0.669. The van der Waals surface area contributed by atoms with Gasteiger partial charge in [0.1, 0.15) is 11.2 Å². The van der Waals surface area contributed by atoms with Crippen molar-refractivity contribution in [1.82, 2.24) is 0 Å². The number of furan rings is 1. The van der Waals surface area contributed by atoms with Crippen LogP contribution in [0.3, 0.4) is 0 Å². The number of fused-ring (bicyclic) bond motifs is 9. The highest BCUT2D eigenvalue weighted by atomic mass is 32.1. The molecule has 53 heavy (non-hydrogen) atoms. The molecule has 0 bridgehead atoms. The summed E-state index contributed by atoms with van der Waals surface area (Å²) >= 11 is 1.88. The molecule has 0 saturated carbocycles. The summed E-state index contributed by atoms with van der Waals surface area (Å²) in [5, 5.41) is 13.9. The molecule has 0 radical (unpaired) electrons. The zero-order chi connectivity index (χ0) is 34.9. The molecule has 1 N–H and O–H groups in total. The van der Waals surface area contributed by atoms with Crippen molar-refractivity contribution in [2.24, 2.45) is 0 Å². The minimum atomic E-state index is 0.272. The summed E-state index contributed by atoms with van der Waals surface area (Å²) in [4.78, 5) is 0. The van der Waals surface area contributed by atoms with Crippen LogP contribution in [0, 0.1) is 0 Å². The van der Waals surface area contributed by atoms with E-state index in [-0.39, 0.29) is 5.92 Å². The minimum Gasteiger partial charge on any atom is -0.456 e. The van der Waals surface area contributed by atoms with Crippen molar-refractivity contribution in [3.05, 3.63) is 187 Å². The van der Waals surface area contributed by atoms with Gasteiger partial charge >= 0.3 is 0 Å². The SMILES string of the molecule is C1=CC(c2cccc3sc4ccccc4c23)CC(Nc2cccc3oc4cccc(-c5cccc(-c6cc7ccccc7c7ccccc67)c5)c4c23)=C1.